The molecule has 0 spiro atoms. The molecule has 1 saturated heterocycles. The Morgan fingerprint density at radius 1 is 1.26 bits per heavy atom. The first-order valence-electron chi connectivity index (χ1n) is 6.77. The highest BCUT2D eigenvalue weighted by Crippen LogP contribution is 2.28. The van der Waals surface area contributed by atoms with Crippen molar-refractivity contribution >= 4 is 9.84 Å². The molecule has 1 unspecified atom stereocenters. The highest BCUT2D eigenvalue weighted by molar-refractivity contribution is 7.90. The predicted molar refractivity (Wildman–Crippen MR) is 79.4 cm³/mol. The van der Waals surface area contributed by atoms with E-state index < -0.39 is 9.84 Å². The van der Waals surface area contributed by atoms with Crippen molar-refractivity contribution in [1.82, 2.24) is 5.32 Å². The van der Waals surface area contributed by atoms with E-state index in [0.717, 1.165) is 18.7 Å². The molecular formula is C15H23NO2S. The van der Waals surface area contributed by atoms with E-state index in [9.17, 15) is 8.42 Å². The van der Waals surface area contributed by atoms with Gasteiger partial charge in [0.15, 0.2) is 0 Å². The molecule has 1 aromatic carbocycles. The normalized spacial score (nSPS) is 20.7. The third kappa shape index (κ3) is 3.80. The molecule has 1 atom stereocenters. The van der Waals surface area contributed by atoms with Gasteiger partial charge in [0.1, 0.15) is 9.84 Å². The summed E-state index contributed by atoms with van der Waals surface area (Å²) in [6, 6.07) is 8.46. The van der Waals surface area contributed by atoms with E-state index in [2.05, 4.69) is 29.6 Å². The molecule has 1 aliphatic heterocycles. The van der Waals surface area contributed by atoms with Crippen LogP contribution in [0, 0.1) is 0 Å². The zero-order chi connectivity index (χ0) is 14.1. The van der Waals surface area contributed by atoms with Gasteiger partial charge in [0.05, 0.1) is 5.75 Å². The molecular weight excluding hydrogens is 258 g/mol. The minimum atomic E-state index is -2.97. The topological polar surface area (TPSA) is 46.2 Å². The zero-order valence-corrected chi connectivity index (χ0v) is 12.8. The lowest BCUT2D eigenvalue weighted by molar-refractivity contribution is 0.552. The van der Waals surface area contributed by atoms with Crippen molar-refractivity contribution < 1.29 is 8.42 Å². The fraction of sp³-hybridized carbons (Fsp3) is 0.600. The molecule has 1 heterocycles. The van der Waals surface area contributed by atoms with E-state index in [1.807, 2.05) is 13.8 Å². The van der Waals surface area contributed by atoms with Crippen LogP contribution in [-0.4, -0.2) is 33.5 Å². The summed E-state index contributed by atoms with van der Waals surface area (Å²) >= 11 is 0. The first-order chi connectivity index (χ1) is 8.78. The number of nitrogens with one attached hydrogen (secondary N) is 1. The van der Waals surface area contributed by atoms with Crippen LogP contribution >= 0.6 is 0 Å². The summed E-state index contributed by atoms with van der Waals surface area (Å²) < 4.78 is 23.0. The van der Waals surface area contributed by atoms with E-state index in [-0.39, 0.29) is 11.2 Å². The average Bonchev–Trinajstić information content (AvgIpc) is 2.79. The monoisotopic (exact) mass is 281 g/mol. The second kappa shape index (κ2) is 5.25. The van der Waals surface area contributed by atoms with E-state index >= 15 is 0 Å². The van der Waals surface area contributed by atoms with Gasteiger partial charge in [-0.15, -0.1) is 0 Å². The van der Waals surface area contributed by atoms with Gasteiger partial charge in [0.2, 0.25) is 0 Å². The van der Waals surface area contributed by atoms with E-state index in [0.29, 0.717) is 5.92 Å². The van der Waals surface area contributed by atoms with Gasteiger partial charge < -0.3 is 5.32 Å². The summed E-state index contributed by atoms with van der Waals surface area (Å²) in [5, 5.41) is 3.37. The molecule has 2 rings (SSSR count). The number of hydrogen-bond donors (Lipinski definition) is 1. The summed E-state index contributed by atoms with van der Waals surface area (Å²) in [6.07, 6.45) is 2.49. The third-order valence-electron chi connectivity index (χ3n) is 3.85. The van der Waals surface area contributed by atoms with Crippen LogP contribution in [0.1, 0.15) is 37.3 Å². The molecule has 1 N–H and O–H groups in total. The fourth-order valence-corrected chi connectivity index (χ4v) is 4.36. The maximum Gasteiger partial charge on any atom is 0.148 e. The van der Waals surface area contributed by atoms with Gasteiger partial charge in [0.25, 0.3) is 0 Å². The lowest BCUT2D eigenvalue weighted by atomic mass is 9.85. The smallest absolute Gasteiger partial charge is 0.148 e. The molecule has 4 heteroatoms. The Morgan fingerprint density at radius 2 is 1.89 bits per heavy atom. The molecule has 0 aromatic heterocycles. The molecule has 106 valence electrons. The lowest BCUT2D eigenvalue weighted by Crippen LogP contribution is -2.27. The largest absolute Gasteiger partial charge is 0.316 e. The molecule has 1 fully saturated rings. The molecule has 0 bridgehead atoms. The van der Waals surface area contributed by atoms with Gasteiger partial charge in [-0.2, -0.15) is 0 Å². The SMILES string of the molecule is CC(C)(CS(C)(=O)=O)c1ccc(C2CCNC2)cc1. The Bertz CT molecular complexity index is 526. The maximum absolute atomic E-state index is 11.5. The highest BCUT2D eigenvalue weighted by Gasteiger charge is 2.26. The standard InChI is InChI=1S/C15H23NO2S/c1-15(2,11-19(3,17)18)14-6-4-12(5-7-14)13-8-9-16-10-13/h4-7,13,16H,8-11H2,1-3H3. The van der Waals surface area contributed by atoms with Crippen molar-refractivity contribution in [3.63, 3.8) is 0 Å². The number of rotatable bonds is 4. The summed E-state index contributed by atoms with van der Waals surface area (Å²) in [5.74, 6) is 0.789. The molecule has 0 radical (unpaired) electrons. The first kappa shape index (κ1) is 14.5. The zero-order valence-electron chi connectivity index (χ0n) is 11.9. The Labute approximate surface area is 116 Å². The van der Waals surface area contributed by atoms with Gasteiger partial charge in [-0.1, -0.05) is 38.1 Å². The Kier molecular flexibility index (Phi) is 4.02. The molecule has 0 saturated carbocycles. The second-order valence-corrected chi connectivity index (χ2v) is 8.41. The average molecular weight is 281 g/mol. The first-order valence-corrected chi connectivity index (χ1v) is 8.83. The van der Waals surface area contributed by atoms with Crippen molar-refractivity contribution in [2.24, 2.45) is 0 Å². The highest BCUT2D eigenvalue weighted by atomic mass is 32.2. The van der Waals surface area contributed by atoms with Crippen molar-refractivity contribution in [3.05, 3.63) is 35.4 Å². The summed E-state index contributed by atoms with van der Waals surface area (Å²) in [5.41, 5.74) is 2.11. The number of sulfone groups is 1. The van der Waals surface area contributed by atoms with Gasteiger partial charge in [0, 0.05) is 18.2 Å². The third-order valence-corrected chi connectivity index (χ3v) is 5.09. The van der Waals surface area contributed by atoms with Crippen molar-refractivity contribution in [2.45, 2.75) is 31.6 Å². The summed E-state index contributed by atoms with van der Waals surface area (Å²) in [7, 11) is -2.97. The van der Waals surface area contributed by atoms with Crippen LogP contribution in [-0.2, 0) is 15.3 Å². The van der Waals surface area contributed by atoms with Crippen LogP contribution in [0.15, 0.2) is 24.3 Å². The predicted octanol–water partition coefficient (Wildman–Crippen LogP) is 2.09. The molecule has 0 amide bonds. The summed E-state index contributed by atoms with van der Waals surface area (Å²) in [4.78, 5) is 0. The minimum absolute atomic E-state index is 0.185. The Morgan fingerprint density at radius 3 is 2.37 bits per heavy atom. The minimum Gasteiger partial charge on any atom is -0.316 e. The van der Waals surface area contributed by atoms with Crippen LogP contribution in [0.5, 0.6) is 0 Å². The second-order valence-electron chi connectivity index (χ2n) is 6.27. The Balaban J connectivity index is 2.17. The van der Waals surface area contributed by atoms with Crippen LogP contribution in [0.4, 0.5) is 0 Å². The van der Waals surface area contributed by atoms with E-state index in [4.69, 9.17) is 0 Å². The van der Waals surface area contributed by atoms with Gasteiger partial charge >= 0.3 is 0 Å². The Hall–Kier alpha value is -0.870. The molecule has 19 heavy (non-hydrogen) atoms. The van der Waals surface area contributed by atoms with Crippen molar-refractivity contribution in [3.8, 4) is 0 Å². The lowest BCUT2D eigenvalue weighted by Gasteiger charge is -2.24. The summed E-state index contributed by atoms with van der Waals surface area (Å²) in [6.45, 7) is 6.11. The number of benzene rings is 1. The van der Waals surface area contributed by atoms with Gasteiger partial charge in [-0.25, -0.2) is 8.42 Å². The maximum atomic E-state index is 11.5. The number of hydrogen-bond acceptors (Lipinski definition) is 3. The van der Waals surface area contributed by atoms with Crippen molar-refractivity contribution in [2.75, 3.05) is 25.1 Å². The molecule has 1 aliphatic rings. The quantitative estimate of drug-likeness (QED) is 0.919. The van der Waals surface area contributed by atoms with Gasteiger partial charge in [-0.05, 0) is 30.0 Å². The van der Waals surface area contributed by atoms with E-state index in [1.54, 1.807) is 0 Å². The molecule has 3 nitrogen and oxygen atoms in total. The van der Waals surface area contributed by atoms with Gasteiger partial charge in [-0.3, -0.25) is 0 Å². The van der Waals surface area contributed by atoms with Crippen LogP contribution in [0.3, 0.4) is 0 Å². The fourth-order valence-electron chi connectivity index (χ4n) is 2.88. The van der Waals surface area contributed by atoms with Crippen LogP contribution in [0.2, 0.25) is 0 Å². The van der Waals surface area contributed by atoms with Crippen molar-refractivity contribution in [1.29, 1.82) is 0 Å². The van der Waals surface area contributed by atoms with E-state index in [1.165, 1.54) is 18.2 Å². The van der Waals surface area contributed by atoms with Crippen LogP contribution in [0.25, 0.3) is 0 Å². The molecule has 0 aliphatic carbocycles. The molecule has 1 aromatic rings. The van der Waals surface area contributed by atoms with Crippen LogP contribution < -0.4 is 5.32 Å².